The number of halogens is 1. The van der Waals surface area contributed by atoms with Crippen LogP contribution in [0.3, 0.4) is 0 Å². The van der Waals surface area contributed by atoms with Crippen molar-refractivity contribution in [3.8, 4) is 11.3 Å². The Balaban J connectivity index is 1.44. The lowest BCUT2D eigenvalue weighted by molar-refractivity contribution is 0.302. The summed E-state index contributed by atoms with van der Waals surface area (Å²) in [5.74, 6) is 1.42. The molecule has 0 spiro atoms. The van der Waals surface area contributed by atoms with Crippen LogP contribution in [-0.4, -0.2) is 4.98 Å². The molecule has 1 fully saturated rings. The number of aryl methyl sites for hydroxylation is 1. The molecule has 1 nitrogen and oxygen atoms in total. The van der Waals surface area contributed by atoms with Crippen molar-refractivity contribution in [2.45, 2.75) is 129 Å². The van der Waals surface area contributed by atoms with Crippen LogP contribution in [0.15, 0.2) is 36.5 Å². The van der Waals surface area contributed by atoms with E-state index in [2.05, 4.69) is 31.0 Å². The van der Waals surface area contributed by atoms with Gasteiger partial charge in [-0.3, -0.25) is 4.98 Å². The van der Waals surface area contributed by atoms with Crippen molar-refractivity contribution in [3.63, 3.8) is 0 Å². The smallest absolute Gasteiger partial charge is 0.132 e. The normalized spacial score (nSPS) is 18.3. The van der Waals surface area contributed by atoms with Crippen LogP contribution < -0.4 is 0 Å². The van der Waals surface area contributed by atoms with Gasteiger partial charge in [-0.25, -0.2) is 4.39 Å². The summed E-state index contributed by atoms with van der Waals surface area (Å²) in [4.78, 5) is 4.67. The minimum absolute atomic E-state index is 0.135. The van der Waals surface area contributed by atoms with Crippen LogP contribution in [0.25, 0.3) is 11.3 Å². The molecule has 188 valence electrons. The molecule has 1 aliphatic rings. The van der Waals surface area contributed by atoms with Gasteiger partial charge in [-0.2, -0.15) is 0 Å². The number of nitrogens with zero attached hydrogens (tertiary/aromatic N) is 1. The standard InChI is InChI=1S/C32H48FN/c1-3-5-7-9-10-11-13-15-27-18-22-30(31(33)24-27)32-23-21-29(25-34-32)28-19-16-26(17-20-28)14-12-8-6-4-2/h18,21-26,28H,3-17,19-20H2,1-2H3/t26-,28-. The van der Waals surface area contributed by atoms with Gasteiger partial charge < -0.3 is 0 Å². The fourth-order valence-electron chi connectivity index (χ4n) is 5.66. The summed E-state index contributed by atoms with van der Waals surface area (Å²) < 4.78 is 14.9. The highest BCUT2D eigenvalue weighted by atomic mass is 19.1. The maximum absolute atomic E-state index is 14.9. The molecule has 2 heteroatoms. The van der Waals surface area contributed by atoms with E-state index in [1.165, 1.54) is 102 Å². The Morgan fingerprint density at radius 2 is 1.44 bits per heavy atom. The molecular formula is C32H48FN. The van der Waals surface area contributed by atoms with Gasteiger partial charge in [0.1, 0.15) is 5.82 Å². The number of aromatic nitrogens is 1. The highest BCUT2D eigenvalue weighted by Gasteiger charge is 2.22. The second-order valence-corrected chi connectivity index (χ2v) is 10.7. The van der Waals surface area contributed by atoms with Gasteiger partial charge in [-0.1, -0.05) is 96.6 Å². The van der Waals surface area contributed by atoms with Crippen LogP contribution in [0, 0.1) is 11.7 Å². The monoisotopic (exact) mass is 465 g/mol. The summed E-state index contributed by atoms with van der Waals surface area (Å²) in [5.41, 5.74) is 3.83. The van der Waals surface area contributed by atoms with Crippen molar-refractivity contribution in [2.24, 2.45) is 5.92 Å². The number of benzene rings is 1. The van der Waals surface area contributed by atoms with Crippen LogP contribution in [0.4, 0.5) is 4.39 Å². The quantitative estimate of drug-likeness (QED) is 0.238. The zero-order valence-electron chi connectivity index (χ0n) is 22.0. The maximum Gasteiger partial charge on any atom is 0.132 e. The van der Waals surface area contributed by atoms with Crippen LogP contribution >= 0.6 is 0 Å². The molecule has 0 aliphatic heterocycles. The average Bonchev–Trinajstić information content (AvgIpc) is 2.87. The van der Waals surface area contributed by atoms with Gasteiger partial charge in [0.15, 0.2) is 0 Å². The van der Waals surface area contributed by atoms with Gasteiger partial charge in [-0.15, -0.1) is 0 Å². The van der Waals surface area contributed by atoms with Crippen molar-refractivity contribution in [1.29, 1.82) is 0 Å². The Hall–Kier alpha value is -1.70. The van der Waals surface area contributed by atoms with Gasteiger partial charge in [0, 0.05) is 11.8 Å². The first-order valence-corrected chi connectivity index (χ1v) is 14.5. The predicted molar refractivity (Wildman–Crippen MR) is 145 cm³/mol. The molecule has 0 N–H and O–H groups in total. The summed E-state index contributed by atoms with van der Waals surface area (Å²) in [7, 11) is 0. The molecule has 0 bridgehead atoms. The summed E-state index contributed by atoms with van der Waals surface area (Å²) >= 11 is 0. The van der Waals surface area contributed by atoms with E-state index >= 15 is 0 Å². The van der Waals surface area contributed by atoms with E-state index in [1.807, 2.05) is 18.3 Å². The number of unbranched alkanes of at least 4 members (excludes halogenated alkanes) is 9. The summed E-state index contributed by atoms with van der Waals surface area (Å²) in [6, 6.07) is 9.97. The van der Waals surface area contributed by atoms with E-state index in [-0.39, 0.29) is 5.82 Å². The van der Waals surface area contributed by atoms with Gasteiger partial charge in [0.2, 0.25) is 0 Å². The van der Waals surface area contributed by atoms with Crippen LogP contribution in [-0.2, 0) is 6.42 Å². The number of hydrogen-bond donors (Lipinski definition) is 0. The van der Waals surface area contributed by atoms with Crippen molar-refractivity contribution in [3.05, 3.63) is 53.5 Å². The Bertz CT molecular complexity index is 804. The second kappa shape index (κ2) is 15.3. The number of rotatable bonds is 15. The highest BCUT2D eigenvalue weighted by molar-refractivity contribution is 5.60. The molecule has 1 aromatic carbocycles. The average molecular weight is 466 g/mol. The third-order valence-corrected chi connectivity index (χ3v) is 7.95. The first-order chi connectivity index (χ1) is 16.7. The maximum atomic E-state index is 14.9. The molecule has 34 heavy (non-hydrogen) atoms. The van der Waals surface area contributed by atoms with Crippen molar-refractivity contribution >= 4 is 0 Å². The first-order valence-electron chi connectivity index (χ1n) is 14.5. The molecule has 2 aromatic rings. The zero-order chi connectivity index (χ0) is 24.0. The van der Waals surface area contributed by atoms with Gasteiger partial charge in [-0.05, 0) is 79.7 Å². The largest absolute Gasteiger partial charge is 0.256 e. The molecular weight excluding hydrogens is 417 g/mol. The third kappa shape index (κ3) is 8.82. The summed E-state index contributed by atoms with van der Waals surface area (Å²) in [6.45, 7) is 4.54. The Morgan fingerprint density at radius 1 is 0.765 bits per heavy atom. The number of pyridine rings is 1. The second-order valence-electron chi connectivity index (χ2n) is 10.7. The minimum atomic E-state index is -0.135. The molecule has 0 radical (unpaired) electrons. The lowest BCUT2D eigenvalue weighted by atomic mass is 9.77. The predicted octanol–water partition coefficient (Wildman–Crippen LogP) is 10.4. The van der Waals surface area contributed by atoms with Gasteiger partial charge in [0.25, 0.3) is 0 Å². The van der Waals surface area contributed by atoms with Gasteiger partial charge >= 0.3 is 0 Å². The minimum Gasteiger partial charge on any atom is -0.256 e. The van der Waals surface area contributed by atoms with Crippen LogP contribution in [0.2, 0.25) is 0 Å². The fourth-order valence-corrected chi connectivity index (χ4v) is 5.66. The molecule has 3 rings (SSSR count). The fraction of sp³-hybridized carbons (Fsp3) is 0.656. The van der Waals surface area contributed by atoms with Crippen LogP contribution in [0.1, 0.15) is 134 Å². The van der Waals surface area contributed by atoms with E-state index in [9.17, 15) is 4.39 Å². The van der Waals surface area contributed by atoms with E-state index in [0.29, 0.717) is 11.5 Å². The Kier molecular flexibility index (Phi) is 12.1. The molecule has 0 amide bonds. The molecule has 0 unspecified atom stereocenters. The Labute approximate surface area is 209 Å². The molecule has 0 saturated heterocycles. The van der Waals surface area contributed by atoms with Gasteiger partial charge in [0.05, 0.1) is 5.69 Å². The first kappa shape index (κ1) is 26.9. The SMILES string of the molecule is CCCCCCCCCc1ccc(-c2ccc([C@H]3CC[C@H](CCCCCC)CC3)cn2)c(F)c1. The van der Waals surface area contributed by atoms with Crippen molar-refractivity contribution in [2.75, 3.05) is 0 Å². The van der Waals surface area contributed by atoms with Crippen molar-refractivity contribution in [1.82, 2.24) is 4.98 Å². The van der Waals surface area contributed by atoms with E-state index < -0.39 is 0 Å². The molecule has 1 aromatic heterocycles. The number of hydrogen-bond acceptors (Lipinski definition) is 1. The lowest BCUT2D eigenvalue weighted by Gasteiger charge is -2.28. The van der Waals surface area contributed by atoms with Crippen LogP contribution in [0.5, 0.6) is 0 Å². The lowest BCUT2D eigenvalue weighted by Crippen LogP contribution is -2.13. The summed E-state index contributed by atoms with van der Waals surface area (Å²) in [6.07, 6.45) is 24.2. The van der Waals surface area contributed by atoms with Crippen molar-refractivity contribution < 1.29 is 4.39 Å². The molecule has 1 aliphatic carbocycles. The Morgan fingerprint density at radius 3 is 2.09 bits per heavy atom. The van der Waals surface area contributed by atoms with E-state index in [4.69, 9.17) is 0 Å². The topological polar surface area (TPSA) is 12.9 Å². The highest BCUT2D eigenvalue weighted by Crippen LogP contribution is 2.38. The molecule has 1 heterocycles. The molecule has 0 atom stereocenters. The van der Waals surface area contributed by atoms with E-state index in [0.717, 1.165) is 30.0 Å². The third-order valence-electron chi connectivity index (χ3n) is 7.95. The molecule has 1 saturated carbocycles. The summed E-state index contributed by atoms with van der Waals surface area (Å²) in [5, 5.41) is 0. The zero-order valence-corrected chi connectivity index (χ0v) is 22.0. The van der Waals surface area contributed by atoms with E-state index in [1.54, 1.807) is 6.07 Å².